The third-order valence-electron chi connectivity index (χ3n) is 4.77. The predicted molar refractivity (Wildman–Crippen MR) is 91.9 cm³/mol. The summed E-state index contributed by atoms with van der Waals surface area (Å²) < 4.78 is 13.1. The van der Waals surface area contributed by atoms with Crippen LogP contribution in [0.1, 0.15) is 25.0 Å². The van der Waals surface area contributed by atoms with Crippen LogP contribution in [-0.4, -0.2) is 24.1 Å². The number of hydrogen-bond donors (Lipinski definition) is 0. The van der Waals surface area contributed by atoms with E-state index in [-0.39, 0.29) is 29.4 Å². The van der Waals surface area contributed by atoms with E-state index in [1.165, 1.54) is 17.0 Å². The lowest BCUT2D eigenvalue weighted by molar-refractivity contribution is -0.401. The van der Waals surface area contributed by atoms with E-state index in [0.717, 1.165) is 17.1 Å². The molecule has 2 aromatic rings. The van der Waals surface area contributed by atoms with Crippen molar-refractivity contribution in [2.45, 2.75) is 19.3 Å². The van der Waals surface area contributed by atoms with Crippen molar-refractivity contribution in [3.63, 3.8) is 0 Å². The lowest BCUT2D eigenvalue weighted by Crippen LogP contribution is -3.00. The number of nitrogens with zero attached hydrogens (tertiary/aromatic N) is 1. The summed E-state index contributed by atoms with van der Waals surface area (Å²) in [6, 6.07) is 14.6. The molecule has 2 aromatic carbocycles. The molecule has 0 saturated heterocycles. The van der Waals surface area contributed by atoms with E-state index in [4.69, 9.17) is 9.47 Å². The Hall–Kier alpha value is -1.82. The van der Waals surface area contributed by atoms with Gasteiger partial charge in [-0.25, -0.2) is 0 Å². The molecule has 0 radical (unpaired) electrons. The van der Waals surface area contributed by atoms with Crippen molar-refractivity contribution in [3.8, 4) is 11.5 Å². The van der Waals surface area contributed by atoms with Crippen LogP contribution in [0.4, 0.5) is 5.69 Å². The Morgan fingerprint density at radius 2 is 1.75 bits per heavy atom. The molecule has 2 aliphatic rings. The van der Waals surface area contributed by atoms with Crippen LogP contribution in [0, 0.1) is 0 Å². The molecule has 4 rings (SSSR count). The number of rotatable bonds is 2. The highest BCUT2D eigenvalue weighted by Gasteiger charge is 2.42. The lowest BCUT2D eigenvalue weighted by atomic mass is 9.81. The number of fused-ring (bicyclic) bond motifs is 2. The van der Waals surface area contributed by atoms with Gasteiger partial charge in [0, 0.05) is 17.7 Å². The number of halogens is 1. The molecular formula is C20H20INO2. The zero-order valence-electron chi connectivity index (χ0n) is 14.0. The van der Waals surface area contributed by atoms with E-state index in [0.29, 0.717) is 6.79 Å². The third-order valence-corrected chi connectivity index (χ3v) is 4.77. The molecule has 0 fully saturated rings. The summed E-state index contributed by atoms with van der Waals surface area (Å²) in [6.45, 7) is 4.86. The van der Waals surface area contributed by atoms with Gasteiger partial charge in [-0.1, -0.05) is 24.3 Å². The number of benzene rings is 2. The quantitative estimate of drug-likeness (QED) is 0.524. The summed E-state index contributed by atoms with van der Waals surface area (Å²) in [5.41, 5.74) is 5.05. The van der Waals surface area contributed by atoms with Crippen LogP contribution in [0.3, 0.4) is 0 Å². The Morgan fingerprint density at radius 3 is 2.54 bits per heavy atom. The van der Waals surface area contributed by atoms with Crippen molar-refractivity contribution in [1.82, 2.24) is 0 Å². The molecule has 0 aliphatic carbocycles. The summed E-state index contributed by atoms with van der Waals surface area (Å²) in [4.78, 5) is 0. The molecule has 0 N–H and O–H groups in total. The van der Waals surface area contributed by atoms with Gasteiger partial charge in [0.05, 0.1) is 5.41 Å². The van der Waals surface area contributed by atoms with Crippen molar-refractivity contribution in [3.05, 3.63) is 59.7 Å². The molecule has 3 nitrogen and oxygen atoms in total. The fraction of sp³-hybridized carbons (Fsp3) is 0.250. The first kappa shape index (κ1) is 17.0. The number of para-hydroxylation sites is 1. The summed E-state index contributed by atoms with van der Waals surface area (Å²) in [5, 5.41) is 0. The second-order valence-corrected chi connectivity index (χ2v) is 6.53. The number of allylic oxidation sites excluding steroid dienone is 1. The van der Waals surface area contributed by atoms with Crippen LogP contribution in [0.15, 0.2) is 48.5 Å². The summed E-state index contributed by atoms with van der Waals surface area (Å²) in [6.07, 6.45) is 4.35. The van der Waals surface area contributed by atoms with Crippen LogP contribution >= 0.6 is 0 Å². The van der Waals surface area contributed by atoms with Gasteiger partial charge in [0.15, 0.2) is 17.2 Å². The van der Waals surface area contributed by atoms with Gasteiger partial charge < -0.3 is 33.5 Å². The van der Waals surface area contributed by atoms with E-state index in [1.54, 1.807) is 0 Å². The van der Waals surface area contributed by atoms with E-state index in [1.807, 2.05) is 12.1 Å². The maximum atomic E-state index is 5.45. The molecule has 0 aromatic heterocycles. The zero-order valence-corrected chi connectivity index (χ0v) is 16.2. The van der Waals surface area contributed by atoms with Gasteiger partial charge in [0.2, 0.25) is 12.5 Å². The van der Waals surface area contributed by atoms with Gasteiger partial charge in [-0.3, -0.25) is 0 Å². The molecule has 0 unspecified atom stereocenters. The van der Waals surface area contributed by atoms with Gasteiger partial charge in [-0.15, -0.1) is 0 Å². The van der Waals surface area contributed by atoms with Crippen LogP contribution in [-0.2, 0) is 5.41 Å². The largest absolute Gasteiger partial charge is 1.00 e. The van der Waals surface area contributed by atoms with Crippen LogP contribution < -0.4 is 33.5 Å². The average molecular weight is 433 g/mol. The number of ether oxygens (including phenoxy) is 2. The first-order valence-electron chi connectivity index (χ1n) is 7.86. The molecule has 24 heavy (non-hydrogen) atoms. The third kappa shape index (κ3) is 2.62. The van der Waals surface area contributed by atoms with Crippen molar-refractivity contribution < 1.29 is 38.0 Å². The highest BCUT2D eigenvalue weighted by molar-refractivity contribution is 6.05. The van der Waals surface area contributed by atoms with Crippen molar-refractivity contribution in [2.75, 3.05) is 13.8 Å². The summed E-state index contributed by atoms with van der Waals surface area (Å²) in [7, 11) is 2.13. The SMILES string of the molecule is C[N+]1=C(/C=C/c2ccc3c(c2)OCO3)C(C)(C)c2ccccc21.[I-]. The molecule has 0 saturated carbocycles. The number of hydrogen-bond acceptors (Lipinski definition) is 2. The van der Waals surface area contributed by atoms with E-state index in [9.17, 15) is 0 Å². The Kier molecular flexibility index (Phi) is 4.42. The standard InChI is InChI=1S/C20H20NO2.HI/c1-20(2)15-6-4-5-7-16(15)21(3)19(20)11-9-14-8-10-17-18(12-14)23-13-22-17;/h4-12H,13H2,1-3H3;1H/q+1;/p-1/b11-9+;. The highest BCUT2D eigenvalue weighted by Crippen LogP contribution is 2.39. The Morgan fingerprint density at radius 1 is 1.00 bits per heavy atom. The minimum absolute atomic E-state index is 0. The molecule has 0 atom stereocenters. The topological polar surface area (TPSA) is 21.5 Å². The molecule has 124 valence electrons. The first-order valence-corrected chi connectivity index (χ1v) is 7.86. The molecule has 2 heterocycles. The minimum Gasteiger partial charge on any atom is -1.00 e. The van der Waals surface area contributed by atoms with Gasteiger partial charge in [-0.05, 0) is 37.6 Å². The highest BCUT2D eigenvalue weighted by atomic mass is 127. The van der Waals surface area contributed by atoms with Crippen molar-refractivity contribution in [1.29, 1.82) is 0 Å². The first-order chi connectivity index (χ1) is 11.1. The second kappa shape index (κ2) is 6.24. The van der Waals surface area contributed by atoms with E-state index >= 15 is 0 Å². The van der Waals surface area contributed by atoms with Crippen LogP contribution in [0.2, 0.25) is 0 Å². The monoisotopic (exact) mass is 433 g/mol. The molecule has 2 aliphatic heterocycles. The van der Waals surface area contributed by atoms with Crippen molar-refractivity contribution >= 4 is 17.5 Å². The predicted octanol–water partition coefficient (Wildman–Crippen LogP) is 1.14. The fourth-order valence-electron chi connectivity index (χ4n) is 3.49. The maximum absolute atomic E-state index is 5.45. The summed E-state index contributed by atoms with van der Waals surface area (Å²) in [5.74, 6) is 1.64. The van der Waals surface area contributed by atoms with E-state index < -0.39 is 0 Å². The average Bonchev–Trinajstić information content (AvgIpc) is 3.08. The fourth-order valence-corrected chi connectivity index (χ4v) is 3.49. The van der Waals surface area contributed by atoms with Gasteiger partial charge in [0.25, 0.3) is 0 Å². The zero-order chi connectivity index (χ0) is 16.0. The molecule has 0 bridgehead atoms. The summed E-state index contributed by atoms with van der Waals surface area (Å²) >= 11 is 0. The molecule has 0 spiro atoms. The molecule has 4 heteroatoms. The Balaban J connectivity index is 0.00000169. The van der Waals surface area contributed by atoms with Crippen LogP contribution in [0.5, 0.6) is 11.5 Å². The maximum Gasteiger partial charge on any atom is 0.231 e. The van der Waals surface area contributed by atoms with Gasteiger partial charge >= 0.3 is 0 Å². The van der Waals surface area contributed by atoms with Gasteiger partial charge in [0.1, 0.15) is 7.05 Å². The van der Waals surface area contributed by atoms with Crippen LogP contribution in [0.25, 0.3) is 6.08 Å². The minimum atomic E-state index is -0.00180. The van der Waals surface area contributed by atoms with E-state index in [2.05, 4.69) is 68.0 Å². The smallest absolute Gasteiger partial charge is 0.231 e. The Labute approximate surface area is 159 Å². The van der Waals surface area contributed by atoms with Gasteiger partial charge in [-0.2, -0.15) is 4.58 Å². The Bertz CT molecular complexity index is 852. The van der Waals surface area contributed by atoms with Crippen molar-refractivity contribution in [2.24, 2.45) is 0 Å². The normalized spacial score (nSPS) is 17.1. The second-order valence-electron chi connectivity index (χ2n) is 6.53. The lowest BCUT2D eigenvalue weighted by Gasteiger charge is -2.15. The molecule has 0 amide bonds. The molecular weight excluding hydrogens is 413 g/mol.